The fraction of sp³-hybridized carbons (Fsp3) is 0.211. The van der Waals surface area contributed by atoms with E-state index in [2.05, 4.69) is 15.5 Å². The van der Waals surface area contributed by atoms with Crippen molar-refractivity contribution >= 4 is 22.4 Å². The quantitative estimate of drug-likeness (QED) is 0.640. The average molecular weight is 385 g/mol. The van der Waals surface area contributed by atoms with Gasteiger partial charge in [-0.05, 0) is 30.3 Å². The lowest BCUT2D eigenvalue weighted by atomic mass is 10.2. The third kappa shape index (κ3) is 4.95. The zero-order valence-corrected chi connectivity index (χ0v) is 15.8. The van der Waals surface area contributed by atoms with E-state index in [-0.39, 0.29) is 5.91 Å². The Morgan fingerprint density at radius 2 is 1.81 bits per heavy atom. The maximum absolute atomic E-state index is 12.4. The predicted molar refractivity (Wildman–Crippen MR) is 103 cm³/mol. The van der Waals surface area contributed by atoms with Crippen molar-refractivity contribution in [3.63, 3.8) is 0 Å². The molecular formula is C19H19N3O4S. The molecule has 0 aliphatic rings. The Labute approximate surface area is 160 Å². The predicted octanol–water partition coefficient (Wildman–Crippen LogP) is 3.43. The number of methoxy groups -OCH3 is 2. The minimum atomic E-state index is -0.292. The number of nitrogens with one attached hydrogen (secondary N) is 1. The number of hydrogen-bond donors (Lipinski definition) is 1. The molecule has 7 nitrogen and oxygen atoms in total. The number of carbonyl (C=O) groups is 1. The molecule has 0 saturated heterocycles. The molecule has 140 valence electrons. The maximum atomic E-state index is 12.4. The average Bonchev–Trinajstić information content (AvgIpc) is 3.15. The van der Waals surface area contributed by atoms with Gasteiger partial charge in [0.25, 0.3) is 5.91 Å². The normalized spacial score (nSPS) is 10.3. The number of aromatic nitrogens is 2. The van der Waals surface area contributed by atoms with E-state index in [1.807, 2.05) is 30.3 Å². The van der Waals surface area contributed by atoms with Crippen LogP contribution in [0.4, 0.5) is 5.13 Å². The van der Waals surface area contributed by atoms with Gasteiger partial charge in [-0.3, -0.25) is 10.1 Å². The van der Waals surface area contributed by atoms with Crippen molar-refractivity contribution in [1.82, 2.24) is 10.2 Å². The highest BCUT2D eigenvalue weighted by molar-refractivity contribution is 7.15. The van der Waals surface area contributed by atoms with Crippen LogP contribution in [0.2, 0.25) is 0 Å². The SMILES string of the molecule is COc1ccc(C(=O)Nc2nnc(CCOc3ccccc3)s2)cc1OC. The van der Waals surface area contributed by atoms with Crippen LogP contribution in [0.15, 0.2) is 48.5 Å². The van der Waals surface area contributed by atoms with E-state index in [9.17, 15) is 4.79 Å². The molecule has 0 fully saturated rings. The number of para-hydroxylation sites is 1. The number of anilines is 1. The molecule has 1 N–H and O–H groups in total. The van der Waals surface area contributed by atoms with Gasteiger partial charge in [0, 0.05) is 12.0 Å². The number of rotatable bonds is 8. The highest BCUT2D eigenvalue weighted by Crippen LogP contribution is 2.28. The van der Waals surface area contributed by atoms with E-state index in [4.69, 9.17) is 14.2 Å². The summed E-state index contributed by atoms with van der Waals surface area (Å²) in [4.78, 5) is 12.4. The maximum Gasteiger partial charge on any atom is 0.257 e. The third-order valence-corrected chi connectivity index (χ3v) is 4.56. The Morgan fingerprint density at radius 3 is 2.56 bits per heavy atom. The van der Waals surface area contributed by atoms with Gasteiger partial charge in [-0.25, -0.2) is 0 Å². The summed E-state index contributed by atoms with van der Waals surface area (Å²) in [6.07, 6.45) is 0.610. The molecule has 2 aromatic carbocycles. The minimum Gasteiger partial charge on any atom is -0.493 e. The second-order valence-corrected chi connectivity index (χ2v) is 6.50. The van der Waals surface area contributed by atoms with Crippen molar-refractivity contribution in [2.24, 2.45) is 0 Å². The van der Waals surface area contributed by atoms with Crippen molar-refractivity contribution in [2.75, 3.05) is 26.1 Å². The standard InChI is InChI=1S/C19H19N3O4S/c1-24-15-9-8-13(12-16(15)25-2)18(23)20-19-22-21-17(27-19)10-11-26-14-6-4-3-5-7-14/h3-9,12H,10-11H2,1-2H3,(H,20,22,23). The van der Waals surface area contributed by atoms with Gasteiger partial charge in [0.15, 0.2) is 11.5 Å². The first-order valence-corrected chi connectivity index (χ1v) is 9.05. The Bertz CT molecular complexity index is 899. The van der Waals surface area contributed by atoms with Crippen LogP contribution in [0, 0.1) is 0 Å². The molecule has 0 atom stereocenters. The van der Waals surface area contributed by atoms with Crippen LogP contribution in [0.25, 0.3) is 0 Å². The van der Waals surface area contributed by atoms with Gasteiger partial charge in [-0.2, -0.15) is 0 Å². The molecule has 0 saturated carbocycles. The Kier molecular flexibility index (Phi) is 6.22. The fourth-order valence-electron chi connectivity index (χ4n) is 2.32. The second kappa shape index (κ2) is 9.00. The summed E-state index contributed by atoms with van der Waals surface area (Å²) in [6.45, 7) is 0.488. The topological polar surface area (TPSA) is 82.6 Å². The number of nitrogens with zero attached hydrogens (tertiary/aromatic N) is 2. The highest BCUT2D eigenvalue weighted by atomic mass is 32.1. The lowest BCUT2D eigenvalue weighted by Crippen LogP contribution is -2.12. The molecule has 0 aliphatic heterocycles. The zero-order valence-electron chi connectivity index (χ0n) is 15.0. The molecular weight excluding hydrogens is 366 g/mol. The molecule has 8 heteroatoms. The Hall–Kier alpha value is -3.13. The van der Waals surface area contributed by atoms with Gasteiger partial charge in [-0.1, -0.05) is 29.5 Å². The van der Waals surface area contributed by atoms with Crippen molar-refractivity contribution in [3.05, 3.63) is 59.1 Å². The van der Waals surface area contributed by atoms with Gasteiger partial charge < -0.3 is 14.2 Å². The smallest absolute Gasteiger partial charge is 0.257 e. The Morgan fingerprint density at radius 1 is 1.04 bits per heavy atom. The molecule has 3 aromatic rings. The van der Waals surface area contributed by atoms with E-state index >= 15 is 0 Å². The molecule has 0 unspecified atom stereocenters. The molecule has 0 aliphatic carbocycles. The van der Waals surface area contributed by atoms with Crippen molar-refractivity contribution in [2.45, 2.75) is 6.42 Å². The van der Waals surface area contributed by atoms with E-state index in [0.29, 0.717) is 35.2 Å². The summed E-state index contributed by atoms with van der Waals surface area (Å²) in [5.41, 5.74) is 0.441. The first-order valence-electron chi connectivity index (χ1n) is 8.23. The van der Waals surface area contributed by atoms with Gasteiger partial charge in [0.05, 0.1) is 20.8 Å². The van der Waals surface area contributed by atoms with Crippen LogP contribution in [0.5, 0.6) is 17.2 Å². The first kappa shape index (κ1) is 18.7. The van der Waals surface area contributed by atoms with Crippen LogP contribution in [0.3, 0.4) is 0 Å². The van der Waals surface area contributed by atoms with Crippen molar-refractivity contribution in [1.29, 1.82) is 0 Å². The summed E-state index contributed by atoms with van der Waals surface area (Å²) in [7, 11) is 3.07. The van der Waals surface area contributed by atoms with E-state index in [0.717, 1.165) is 10.8 Å². The lowest BCUT2D eigenvalue weighted by Gasteiger charge is -2.08. The first-order chi connectivity index (χ1) is 13.2. The number of benzene rings is 2. The number of carbonyl (C=O) groups excluding carboxylic acids is 1. The fourth-order valence-corrected chi connectivity index (χ4v) is 3.04. The van der Waals surface area contributed by atoms with Crippen LogP contribution in [-0.2, 0) is 6.42 Å². The van der Waals surface area contributed by atoms with E-state index in [1.54, 1.807) is 25.3 Å². The molecule has 1 heterocycles. The highest BCUT2D eigenvalue weighted by Gasteiger charge is 2.13. The number of amides is 1. The lowest BCUT2D eigenvalue weighted by molar-refractivity contribution is 0.102. The van der Waals surface area contributed by atoms with Gasteiger partial charge in [0.1, 0.15) is 10.8 Å². The second-order valence-electron chi connectivity index (χ2n) is 5.44. The summed E-state index contributed by atoms with van der Waals surface area (Å²) in [5.74, 6) is 1.56. The molecule has 3 rings (SSSR count). The summed E-state index contributed by atoms with van der Waals surface area (Å²) >= 11 is 1.32. The molecule has 0 bridgehead atoms. The van der Waals surface area contributed by atoms with Gasteiger partial charge in [-0.15, -0.1) is 10.2 Å². The molecule has 0 radical (unpaired) electrons. The minimum absolute atomic E-state index is 0.292. The summed E-state index contributed by atoms with van der Waals surface area (Å²) < 4.78 is 16.0. The zero-order chi connectivity index (χ0) is 19.1. The molecule has 1 aromatic heterocycles. The third-order valence-electron chi connectivity index (χ3n) is 3.66. The number of ether oxygens (including phenoxy) is 3. The summed E-state index contributed by atoms with van der Waals surface area (Å²) in [5, 5.41) is 12.1. The van der Waals surface area contributed by atoms with Crippen molar-refractivity contribution in [3.8, 4) is 17.2 Å². The van der Waals surface area contributed by atoms with E-state index < -0.39 is 0 Å². The van der Waals surface area contributed by atoms with Crippen LogP contribution >= 0.6 is 11.3 Å². The van der Waals surface area contributed by atoms with Crippen molar-refractivity contribution < 1.29 is 19.0 Å². The van der Waals surface area contributed by atoms with Gasteiger partial charge >= 0.3 is 0 Å². The monoisotopic (exact) mass is 385 g/mol. The van der Waals surface area contributed by atoms with Gasteiger partial charge in [0.2, 0.25) is 5.13 Å². The largest absolute Gasteiger partial charge is 0.493 e. The molecule has 1 amide bonds. The van der Waals surface area contributed by atoms with E-state index in [1.165, 1.54) is 18.4 Å². The molecule has 27 heavy (non-hydrogen) atoms. The summed E-state index contributed by atoms with van der Waals surface area (Å²) in [6, 6.07) is 14.5. The molecule has 0 spiro atoms. The Balaban J connectivity index is 1.56. The van der Waals surface area contributed by atoms with Crippen LogP contribution in [0.1, 0.15) is 15.4 Å². The number of hydrogen-bond acceptors (Lipinski definition) is 7. The van der Waals surface area contributed by atoms with Crippen LogP contribution < -0.4 is 19.5 Å². The van der Waals surface area contributed by atoms with Crippen LogP contribution in [-0.4, -0.2) is 36.9 Å².